The van der Waals surface area contributed by atoms with Crippen LogP contribution < -0.4 is 5.32 Å². The van der Waals surface area contributed by atoms with Gasteiger partial charge in [-0.1, -0.05) is 6.07 Å². The molecule has 94 valence electrons. The predicted octanol–water partition coefficient (Wildman–Crippen LogP) is 0.280. The Morgan fingerprint density at radius 3 is 3.06 bits per heavy atom. The number of pyridine rings is 1. The number of β-amino-alcohol motifs (C(OH)–C–C–N with tert-alkyl or cyclic N) is 1. The molecule has 0 aliphatic carbocycles. The molecule has 0 bridgehead atoms. The largest absolute Gasteiger partial charge is 0.387 e. The fourth-order valence-corrected chi connectivity index (χ4v) is 2.30. The molecule has 1 aromatic rings. The summed E-state index contributed by atoms with van der Waals surface area (Å²) in [5.74, 6) is 0. The molecule has 4 heteroatoms. The molecule has 17 heavy (non-hydrogen) atoms. The van der Waals surface area contributed by atoms with Crippen molar-refractivity contribution < 1.29 is 5.11 Å². The van der Waals surface area contributed by atoms with Crippen molar-refractivity contribution in [3.63, 3.8) is 0 Å². The summed E-state index contributed by atoms with van der Waals surface area (Å²) in [6, 6.07) is 5.98. The molecule has 2 heterocycles. The van der Waals surface area contributed by atoms with Crippen molar-refractivity contribution >= 4 is 0 Å². The van der Waals surface area contributed by atoms with Crippen LogP contribution in [0.25, 0.3) is 0 Å². The topological polar surface area (TPSA) is 48.4 Å². The summed E-state index contributed by atoms with van der Waals surface area (Å²) in [5, 5.41) is 13.4. The first kappa shape index (κ1) is 12.5. The van der Waals surface area contributed by atoms with Crippen molar-refractivity contribution in [3.05, 3.63) is 30.1 Å². The number of aromatic nitrogens is 1. The lowest BCUT2D eigenvalue weighted by Gasteiger charge is -2.27. The van der Waals surface area contributed by atoms with E-state index in [0.29, 0.717) is 6.54 Å². The lowest BCUT2D eigenvalue weighted by atomic mass is 10.0. The molecule has 1 saturated heterocycles. The number of aliphatic hydroxyl groups is 1. The van der Waals surface area contributed by atoms with Gasteiger partial charge in [0.1, 0.15) is 0 Å². The average Bonchev–Trinajstić information content (AvgIpc) is 2.74. The molecule has 1 aliphatic heterocycles. The first-order valence-corrected chi connectivity index (χ1v) is 6.20. The number of nitrogens with zero attached hydrogens (tertiary/aromatic N) is 2. The van der Waals surface area contributed by atoms with Gasteiger partial charge in [0.2, 0.25) is 0 Å². The van der Waals surface area contributed by atoms with Gasteiger partial charge in [0, 0.05) is 37.9 Å². The van der Waals surface area contributed by atoms with E-state index in [1.54, 1.807) is 0 Å². The van der Waals surface area contributed by atoms with Gasteiger partial charge < -0.3 is 15.3 Å². The molecule has 0 aromatic carbocycles. The van der Waals surface area contributed by atoms with Crippen LogP contribution in [-0.4, -0.2) is 53.8 Å². The highest BCUT2D eigenvalue weighted by Gasteiger charge is 2.31. The van der Waals surface area contributed by atoms with Crippen LogP contribution >= 0.6 is 0 Å². The van der Waals surface area contributed by atoms with Gasteiger partial charge >= 0.3 is 0 Å². The molecule has 2 N–H and O–H groups in total. The van der Waals surface area contributed by atoms with Gasteiger partial charge in [0.05, 0.1) is 5.60 Å². The second-order valence-electron chi connectivity index (χ2n) is 4.96. The fraction of sp³-hybridized carbons (Fsp3) is 0.615. The Morgan fingerprint density at radius 2 is 2.41 bits per heavy atom. The van der Waals surface area contributed by atoms with E-state index in [9.17, 15) is 5.11 Å². The number of rotatable bonds is 5. The highest BCUT2D eigenvalue weighted by Crippen LogP contribution is 2.15. The van der Waals surface area contributed by atoms with Crippen LogP contribution in [0, 0.1) is 0 Å². The molecule has 0 spiro atoms. The second-order valence-corrected chi connectivity index (χ2v) is 4.96. The Balaban J connectivity index is 1.76. The minimum atomic E-state index is -0.543. The second kappa shape index (κ2) is 5.58. The molecular formula is C13H21N3O. The maximum absolute atomic E-state index is 10.2. The van der Waals surface area contributed by atoms with E-state index in [1.807, 2.05) is 24.4 Å². The first-order chi connectivity index (χ1) is 8.18. The zero-order valence-corrected chi connectivity index (χ0v) is 10.4. The molecule has 0 radical (unpaired) electrons. The van der Waals surface area contributed by atoms with E-state index in [0.717, 1.165) is 38.2 Å². The maximum Gasteiger partial charge on any atom is 0.0909 e. The Labute approximate surface area is 103 Å². The minimum Gasteiger partial charge on any atom is -0.387 e. The zero-order chi connectivity index (χ0) is 12.1. The normalized spacial score (nSPS) is 24.4. The summed E-state index contributed by atoms with van der Waals surface area (Å²) in [4.78, 5) is 6.48. The Bertz CT molecular complexity index is 336. The van der Waals surface area contributed by atoms with Crippen LogP contribution in [0.5, 0.6) is 0 Å². The maximum atomic E-state index is 10.2. The van der Waals surface area contributed by atoms with Gasteiger partial charge in [-0.25, -0.2) is 0 Å². The van der Waals surface area contributed by atoms with E-state index >= 15 is 0 Å². The van der Waals surface area contributed by atoms with Gasteiger partial charge in [-0.05, 0) is 32.1 Å². The summed E-state index contributed by atoms with van der Waals surface area (Å²) in [6.45, 7) is 3.29. The Hall–Kier alpha value is -0.970. The standard InChI is InChI=1S/C13H21N3O/c1-16(11-13(17)6-8-14-10-13)9-5-12-4-2-3-7-15-12/h2-4,7,14,17H,5-6,8-11H2,1H3. The third-order valence-corrected chi connectivity index (χ3v) is 3.26. The molecule has 1 aliphatic rings. The van der Waals surface area contributed by atoms with Crippen molar-refractivity contribution in [1.82, 2.24) is 15.2 Å². The van der Waals surface area contributed by atoms with Gasteiger partial charge in [-0.2, -0.15) is 0 Å². The Kier molecular flexibility index (Phi) is 4.10. The van der Waals surface area contributed by atoms with Crippen LogP contribution in [0.4, 0.5) is 0 Å². The number of hydrogen-bond acceptors (Lipinski definition) is 4. The van der Waals surface area contributed by atoms with Crippen LogP contribution in [0.15, 0.2) is 24.4 Å². The average molecular weight is 235 g/mol. The monoisotopic (exact) mass is 235 g/mol. The molecular weight excluding hydrogens is 214 g/mol. The summed E-state index contributed by atoms with van der Waals surface area (Å²) in [6.07, 6.45) is 3.60. The summed E-state index contributed by atoms with van der Waals surface area (Å²) in [5.41, 5.74) is 0.565. The van der Waals surface area contributed by atoms with E-state index in [1.165, 1.54) is 0 Å². The fourth-order valence-electron chi connectivity index (χ4n) is 2.30. The van der Waals surface area contributed by atoms with E-state index in [-0.39, 0.29) is 0 Å². The Morgan fingerprint density at radius 1 is 1.53 bits per heavy atom. The third kappa shape index (κ3) is 3.77. The van der Waals surface area contributed by atoms with Gasteiger partial charge in [0.25, 0.3) is 0 Å². The molecule has 1 aromatic heterocycles. The first-order valence-electron chi connectivity index (χ1n) is 6.20. The predicted molar refractivity (Wildman–Crippen MR) is 67.9 cm³/mol. The van der Waals surface area contributed by atoms with Crippen molar-refractivity contribution in [2.24, 2.45) is 0 Å². The van der Waals surface area contributed by atoms with Crippen molar-refractivity contribution in [2.45, 2.75) is 18.4 Å². The highest BCUT2D eigenvalue weighted by molar-refractivity contribution is 5.03. The van der Waals surface area contributed by atoms with E-state index in [4.69, 9.17) is 0 Å². The smallest absolute Gasteiger partial charge is 0.0909 e. The summed E-state index contributed by atoms with van der Waals surface area (Å²) < 4.78 is 0. The molecule has 0 saturated carbocycles. The van der Waals surface area contributed by atoms with Crippen molar-refractivity contribution in [2.75, 3.05) is 33.2 Å². The van der Waals surface area contributed by atoms with Crippen molar-refractivity contribution in [1.29, 1.82) is 0 Å². The molecule has 1 unspecified atom stereocenters. The molecule has 1 fully saturated rings. The molecule has 4 nitrogen and oxygen atoms in total. The van der Waals surface area contributed by atoms with Gasteiger partial charge in [-0.15, -0.1) is 0 Å². The van der Waals surface area contributed by atoms with Gasteiger partial charge in [-0.3, -0.25) is 4.98 Å². The third-order valence-electron chi connectivity index (χ3n) is 3.26. The van der Waals surface area contributed by atoms with Crippen LogP contribution in [0.1, 0.15) is 12.1 Å². The molecule has 2 rings (SSSR count). The number of hydrogen-bond donors (Lipinski definition) is 2. The van der Waals surface area contributed by atoms with Gasteiger partial charge in [0.15, 0.2) is 0 Å². The van der Waals surface area contributed by atoms with E-state index in [2.05, 4.69) is 22.2 Å². The zero-order valence-electron chi connectivity index (χ0n) is 10.4. The number of likely N-dealkylation sites (N-methyl/N-ethyl adjacent to an activating group) is 1. The van der Waals surface area contributed by atoms with Crippen LogP contribution in [0.3, 0.4) is 0 Å². The SMILES string of the molecule is CN(CCc1ccccn1)CC1(O)CCNC1. The quantitative estimate of drug-likeness (QED) is 0.769. The van der Waals surface area contributed by atoms with Crippen molar-refractivity contribution in [3.8, 4) is 0 Å². The summed E-state index contributed by atoms with van der Waals surface area (Å²) in [7, 11) is 2.05. The lowest BCUT2D eigenvalue weighted by molar-refractivity contribution is 0.0286. The number of nitrogens with one attached hydrogen (secondary N) is 1. The molecule has 1 atom stereocenters. The highest BCUT2D eigenvalue weighted by atomic mass is 16.3. The minimum absolute atomic E-state index is 0.543. The lowest BCUT2D eigenvalue weighted by Crippen LogP contribution is -2.43. The van der Waals surface area contributed by atoms with Crippen LogP contribution in [0.2, 0.25) is 0 Å². The summed E-state index contributed by atoms with van der Waals surface area (Å²) >= 11 is 0. The molecule has 0 amide bonds. The van der Waals surface area contributed by atoms with E-state index < -0.39 is 5.60 Å². The van der Waals surface area contributed by atoms with Crippen LogP contribution in [-0.2, 0) is 6.42 Å².